The molecule has 0 spiro atoms. The van der Waals surface area contributed by atoms with E-state index < -0.39 is 0 Å². The SMILES string of the molecule is CCCN1C2=NC[C@@H](CC(C)C)N2C[C@@H]1Cc1ccccc1. The first-order chi connectivity index (χ1) is 10.7. The minimum atomic E-state index is 0.580. The van der Waals surface area contributed by atoms with Gasteiger partial charge in [0.25, 0.3) is 0 Å². The highest BCUT2D eigenvalue weighted by molar-refractivity contribution is 5.84. The molecular formula is C19H29N3. The van der Waals surface area contributed by atoms with E-state index in [-0.39, 0.29) is 0 Å². The molecule has 3 nitrogen and oxygen atoms in total. The number of hydrogen-bond acceptors (Lipinski definition) is 3. The lowest BCUT2D eigenvalue weighted by Crippen LogP contribution is -2.37. The molecule has 0 amide bonds. The minimum Gasteiger partial charge on any atom is -0.338 e. The van der Waals surface area contributed by atoms with Crippen LogP contribution in [0.3, 0.4) is 0 Å². The van der Waals surface area contributed by atoms with E-state index in [1.54, 1.807) is 0 Å². The molecule has 0 N–H and O–H groups in total. The average Bonchev–Trinajstić information content (AvgIpc) is 3.02. The normalized spacial score (nSPS) is 24.1. The van der Waals surface area contributed by atoms with Crippen LogP contribution in [0.4, 0.5) is 0 Å². The lowest BCUT2D eigenvalue weighted by molar-refractivity contribution is 0.291. The average molecular weight is 299 g/mol. The quantitative estimate of drug-likeness (QED) is 0.801. The van der Waals surface area contributed by atoms with E-state index in [1.807, 2.05) is 0 Å². The van der Waals surface area contributed by atoms with Gasteiger partial charge in [0.15, 0.2) is 5.96 Å². The number of hydrogen-bond donors (Lipinski definition) is 0. The second kappa shape index (κ2) is 6.72. The van der Waals surface area contributed by atoms with E-state index in [0.29, 0.717) is 12.1 Å². The van der Waals surface area contributed by atoms with Crippen LogP contribution in [0, 0.1) is 5.92 Å². The fourth-order valence-electron chi connectivity index (χ4n) is 3.85. The smallest absolute Gasteiger partial charge is 0.197 e. The summed E-state index contributed by atoms with van der Waals surface area (Å²) in [5.74, 6) is 2.01. The molecule has 2 aliphatic heterocycles. The molecule has 3 rings (SSSR count). The molecule has 3 heteroatoms. The van der Waals surface area contributed by atoms with E-state index in [0.717, 1.165) is 32.0 Å². The highest BCUT2D eigenvalue weighted by Gasteiger charge is 2.41. The fraction of sp³-hybridized carbons (Fsp3) is 0.632. The maximum atomic E-state index is 4.89. The van der Waals surface area contributed by atoms with Crippen LogP contribution in [0.5, 0.6) is 0 Å². The van der Waals surface area contributed by atoms with Gasteiger partial charge in [-0.15, -0.1) is 0 Å². The van der Waals surface area contributed by atoms with E-state index in [4.69, 9.17) is 4.99 Å². The topological polar surface area (TPSA) is 18.8 Å². The summed E-state index contributed by atoms with van der Waals surface area (Å²) < 4.78 is 0. The molecule has 1 fully saturated rings. The highest BCUT2D eigenvalue weighted by Crippen LogP contribution is 2.28. The summed E-state index contributed by atoms with van der Waals surface area (Å²) in [5, 5.41) is 0. The number of benzene rings is 1. The molecule has 0 unspecified atom stereocenters. The predicted octanol–water partition coefficient (Wildman–Crippen LogP) is 3.41. The van der Waals surface area contributed by atoms with Crippen molar-refractivity contribution in [3.63, 3.8) is 0 Å². The molecule has 2 aliphatic rings. The third-order valence-electron chi connectivity index (χ3n) is 4.77. The first kappa shape index (κ1) is 15.4. The second-order valence-corrected chi connectivity index (χ2v) is 7.11. The molecule has 120 valence electrons. The van der Waals surface area contributed by atoms with Crippen molar-refractivity contribution < 1.29 is 0 Å². The van der Waals surface area contributed by atoms with Crippen LogP contribution < -0.4 is 0 Å². The molecule has 1 saturated heterocycles. The summed E-state index contributed by atoms with van der Waals surface area (Å²) >= 11 is 0. The summed E-state index contributed by atoms with van der Waals surface area (Å²) in [5.41, 5.74) is 1.44. The van der Waals surface area contributed by atoms with Crippen molar-refractivity contribution >= 4 is 5.96 Å². The van der Waals surface area contributed by atoms with E-state index in [1.165, 1.54) is 24.4 Å². The zero-order chi connectivity index (χ0) is 15.5. The summed E-state index contributed by atoms with van der Waals surface area (Å²) in [6, 6.07) is 12.1. The maximum absolute atomic E-state index is 4.89. The summed E-state index contributed by atoms with van der Waals surface area (Å²) in [4.78, 5) is 10.0. The molecule has 2 atom stereocenters. The van der Waals surface area contributed by atoms with Crippen molar-refractivity contribution in [2.45, 2.75) is 52.1 Å². The van der Waals surface area contributed by atoms with Gasteiger partial charge in [0, 0.05) is 13.1 Å². The number of aliphatic imine (C=N–C) groups is 1. The van der Waals surface area contributed by atoms with Crippen LogP contribution >= 0.6 is 0 Å². The van der Waals surface area contributed by atoms with Crippen molar-refractivity contribution in [1.82, 2.24) is 9.80 Å². The Morgan fingerprint density at radius 3 is 2.64 bits per heavy atom. The van der Waals surface area contributed by atoms with Crippen molar-refractivity contribution in [3.05, 3.63) is 35.9 Å². The van der Waals surface area contributed by atoms with Crippen molar-refractivity contribution in [1.29, 1.82) is 0 Å². The van der Waals surface area contributed by atoms with Crippen molar-refractivity contribution in [2.24, 2.45) is 10.9 Å². The molecule has 1 aromatic rings. The highest BCUT2D eigenvalue weighted by atomic mass is 15.5. The van der Waals surface area contributed by atoms with Crippen molar-refractivity contribution in [3.8, 4) is 0 Å². The Labute approximate surface area is 135 Å². The molecule has 0 saturated carbocycles. The monoisotopic (exact) mass is 299 g/mol. The lowest BCUT2D eigenvalue weighted by atomic mass is 10.0. The predicted molar refractivity (Wildman–Crippen MR) is 93.2 cm³/mol. The standard InChI is InChI=1S/C19H29N3/c1-4-10-21-18(12-16-8-6-5-7-9-16)14-22-17(11-15(2)3)13-20-19(21)22/h5-9,15,17-18H,4,10-14H2,1-3H3/t17-,18+/m1/s1. The van der Waals surface area contributed by atoms with Crippen LogP contribution in [0.1, 0.15) is 39.2 Å². The third-order valence-corrected chi connectivity index (χ3v) is 4.77. The summed E-state index contributed by atoms with van der Waals surface area (Å²) in [6.07, 6.45) is 3.57. The molecule has 0 aliphatic carbocycles. The Morgan fingerprint density at radius 2 is 1.95 bits per heavy atom. The Hall–Kier alpha value is -1.51. The van der Waals surface area contributed by atoms with Crippen LogP contribution in [-0.2, 0) is 6.42 Å². The van der Waals surface area contributed by atoms with Gasteiger partial charge >= 0.3 is 0 Å². The van der Waals surface area contributed by atoms with Crippen molar-refractivity contribution in [2.75, 3.05) is 19.6 Å². The van der Waals surface area contributed by atoms with Crippen LogP contribution in [-0.4, -0.2) is 47.5 Å². The van der Waals surface area contributed by atoms with Gasteiger partial charge in [0.05, 0.1) is 18.6 Å². The molecule has 1 aromatic carbocycles. The Kier molecular flexibility index (Phi) is 4.70. The summed E-state index contributed by atoms with van der Waals surface area (Å²) in [6.45, 7) is 10.2. The number of guanidine groups is 1. The number of fused-ring (bicyclic) bond motifs is 1. The Bertz CT molecular complexity index is 509. The second-order valence-electron chi connectivity index (χ2n) is 7.11. The molecule has 22 heavy (non-hydrogen) atoms. The number of rotatable bonds is 6. The Morgan fingerprint density at radius 1 is 1.18 bits per heavy atom. The molecule has 2 heterocycles. The van der Waals surface area contributed by atoms with Gasteiger partial charge in [-0.3, -0.25) is 4.99 Å². The van der Waals surface area contributed by atoms with Gasteiger partial charge in [-0.1, -0.05) is 51.1 Å². The lowest BCUT2D eigenvalue weighted by Gasteiger charge is -2.25. The van der Waals surface area contributed by atoms with Gasteiger partial charge in [-0.2, -0.15) is 0 Å². The summed E-state index contributed by atoms with van der Waals surface area (Å²) in [7, 11) is 0. The van der Waals surface area contributed by atoms with E-state index in [9.17, 15) is 0 Å². The maximum Gasteiger partial charge on any atom is 0.197 e. The fourth-order valence-corrected chi connectivity index (χ4v) is 3.85. The molecule has 0 radical (unpaired) electrons. The molecule has 0 bridgehead atoms. The molecule has 0 aromatic heterocycles. The van der Waals surface area contributed by atoms with Crippen LogP contribution in [0.15, 0.2) is 35.3 Å². The Balaban J connectivity index is 1.73. The molecular weight excluding hydrogens is 270 g/mol. The van der Waals surface area contributed by atoms with Gasteiger partial charge in [-0.05, 0) is 30.7 Å². The minimum absolute atomic E-state index is 0.580. The van der Waals surface area contributed by atoms with Gasteiger partial charge < -0.3 is 9.80 Å². The van der Waals surface area contributed by atoms with Crippen LogP contribution in [0.2, 0.25) is 0 Å². The van der Waals surface area contributed by atoms with Gasteiger partial charge in [0.2, 0.25) is 0 Å². The largest absolute Gasteiger partial charge is 0.338 e. The van der Waals surface area contributed by atoms with E-state index >= 15 is 0 Å². The van der Waals surface area contributed by atoms with Gasteiger partial charge in [-0.25, -0.2) is 0 Å². The third kappa shape index (κ3) is 3.13. The first-order valence-corrected chi connectivity index (χ1v) is 8.80. The zero-order valence-electron chi connectivity index (χ0n) is 14.2. The first-order valence-electron chi connectivity index (χ1n) is 8.80. The van der Waals surface area contributed by atoms with E-state index in [2.05, 4.69) is 60.9 Å². The van der Waals surface area contributed by atoms with Gasteiger partial charge in [0.1, 0.15) is 0 Å². The van der Waals surface area contributed by atoms with Crippen LogP contribution in [0.25, 0.3) is 0 Å². The zero-order valence-corrected chi connectivity index (χ0v) is 14.2. The number of nitrogens with zero attached hydrogens (tertiary/aromatic N) is 3.